The summed E-state index contributed by atoms with van der Waals surface area (Å²) >= 11 is 0. The minimum atomic E-state index is -0.123. The Balaban J connectivity index is 4.78. The van der Waals surface area contributed by atoms with Crippen LogP contribution in [-0.4, -0.2) is 39.6 Å². The van der Waals surface area contributed by atoms with Crippen LogP contribution in [0.25, 0.3) is 0 Å². The van der Waals surface area contributed by atoms with Gasteiger partial charge in [0.25, 0.3) is 0 Å². The van der Waals surface area contributed by atoms with Crippen LogP contribution in [0, 0.1) is 17.3 Å². The summed E-state index contributed by atoms with van der Waals surface area (Å²) in [5, 5.41) is 0. The lowest BCUT2D eigenvalue weighted by atomic mass is 9.79. The van der Waals surface area contributed by atoms with Gasteiger partial charge in [-0.05, 0) is 25.7 Å². The smallest absolute Gasteiger partial charge is 0.0649 e. The molecule has 0 aromatic carbocycles. The van der Waals surface area contributed by atoms with Gasteiger partial charge in [0.2, 0.25) is 0 Å². The molecule has 3 nitrogen and oxygen atoms in total. The average molecular weight is 260 g/mol. The largest absolute Gasteiger partial charge is 0.384 e. The Hall–Kier alpha value is -0.120. The molecule has 110 valence electrons. The molecule has 0 amide bonds. The van der Waals surface area contributed by atoms with Crippen molar-refractivity contribution in [1.29, 1.82) is 0 Å². The Morgan fingerprint density at radius 3 is 1.50 bits per heavy atom. The average Bonchev–Trinajstić information content (AvgIpc) is 2.26. The van der Waals surface area contributed by atoms with Gasteiger partial charge in [0.1, 0.15) is 0 Å². The van der Waals surface area contributed by atoms with E-state index in [1.165, 1.54) is 0 Å². The zero-order chi connectivity index (χ0) is 14.4. The van der Waals surface area contributed by atoms with Gasteiger partial charge in [-0.3, -0.25) is 0 Å². The van der Waals surface area contributed by atoms with Crippen molar-refractivity contribution in [3.05, 3.63) is 0 Å². The van der Waals surface area contributed by atoms with Gasteiger partial charge in [0.15, 0.2) is 0 Å². The van der Waals surface area contributed by atoms with Crippen LogP contribution in [0.4, 0.5) is 0 Å². The van der Waals surface area contributed by atoms with Crippen molar-refractivity contribution in [1.82, 2.24) is 0 Å². The van der Waals surface area contributed by atoms with Crippen LogP contribution in [0.15, 0.2) is 0 Å². The molecule has 18 heavy (non-hydrogen) atoms. The van der Waals surface area contributed by atoms with Crippen LogP contribution in [0.3, 0.4) is 0 Å². The first-order valence-electron chi connectivity index (χ1n) is 6.83. The summed E-state index contributed by atoms with van der Waals surface area (Å²) in [6.45, 7) is 15.0. The molecule has 0 aliphatic heterocycles. The standard InChI is InChI=1S/C15H32O3/c1-12(2)14(5,6)18-11-15(9-16-7,10-17-8)13(3)4/h12-13H,9-11H2,1-8H3. The normalized spacial score (nSPS) is 13.7. The lowest BCUT2D eigenvalue weighted by Crippen LogP contribution is -2.45. The lowest BCUT2D eigenvalue weighted by molar-refractivity contribution is -0.133. The molecule has 0 saturated heterocycles. The first kappa shape index (κ1) is 17.9. The van der Waals surface area contributed by atoms with Gasteiger partial charge in [0.05, 0.1) is 25.4 Å². The Bertz CT molecular complexity index is 216. The van der Waals surface area contributed by atoms with E-state index in [1.807, 2.05) is 0 Å². The van der Waals surface area contributed by atoms with Gasteiger partial charge >= 0.3 is 0 Å². The molecule has 0 aromatic heterocycles. The fraction of sp³-hybridized carbons (Fsp3) is 1.00. The monoisotopic (exact) mass is 260 g/mol. The molecule has 0 spiro atoms. The molecule has 3 heteroatoms. The summed E-state index contributed by atoms with van der Waals surface area (Å²) in [6, 6.07) is 0. The minimum absolute atomic E-state index is 0.0737. The fourth-order valence-electron chi connectivity index (χ4n) is 1.70. The minimum Gasteiger partial charge on any atom is -0.384 e. The van der Waals surface area contributed by atoms with Gasteiger partial charge in [-0.2, -0.15) is 0 Å². The number of rotatable bonds is 9. The lowest BCUT2D eigenvalue weighted by Gasteiger charge is -2.40. The molecule has 0 radical (unpaired) electrons. The number of hydrogen-bond acceptors (Lipinski definition) is 3. The molecule has 0 aromatic rings. The molecule has 0 rings (SSSR count). The van der Waals surface area contributed by atoms with Crippen molar-refractivity contribution < 1.29 is 14.2 Å². The molecule has 0 unspecified atom stereocenters. The molecule has 0 aliphatic rings. The number of ether oxygens (including phenoxy) is 3. The first-order chi connectivity index (χ1) is 8.22. The quantitative estimate of drug-likeness (QED) is 0.636. The Labute approximate surface area is 113 Å². The molecule has 0 saturated carbocycles. The maximum Gasteiger partial charge on any atom is 0.0649 e. The highest BCUT2D eigenvalue weighted by atomic mass is 16.5. The van der Waals surface area contributed by atoms with Gasteiger partial charge in [-0.15, -0.1) is 0 Å². The van der Waals surface area contributed by atoms with E-state index in [0.717, 1.165) is 0 Å². The van der Waals surface area contributed by atoms with E-state index >= 15 is 0 Å². The van der Waals surface area contributed by atoms with Crippen molar-refractivity contribution in [2.24, 2.45) is 17.3 Å². The second kappa shape index (κ2) is 7.46. The second-order valence-electron chi connectivity index (χ2n) is 6.43. The van der Waals surface area contributed by atoms with Crippen molar-refractivity contribution in [3.63, 3.8) is 0 Å². The third-order valence-electron chi connectivity index (χ3n) is 4.21. The summed E-state index contributed by atoms with van der Waals surface area (Å²) < 4.78 is 16.9. The molecule has 0 fully saturated rings. The van der Waals surface area contributed by atoms with Crippen LogP contribution in [0.1, 0.15) is 41.5 Å². The van der Waals surface area contributed by atoms with Crippen LogP contribution in [0.2, 0.25) is 0 Å². The second-order valence-corrected chi connectivity index (χ2v) is 6.43. The fourth-order valence-corrected chi connectivity index (χ4v) is 1.70. The van der Waals surface area contributed by atoms with Crippen molar-refractivity contribution in [2.45, 2.75) is 47.1 Å². The summed E-state index contributed by atoms with van der Waals surface area (Å²) in [7, 11) is 3.47. The predicted octanol–water partition coefficient (Wildman–Crippen LogP) is 3.37. The highest BCUT2D eigenvalue weighted by molar-refractivity contribution is 4.84. The first-order valence-corrected chi connectivity index (χ1v) is 6.83. The SMILES string of the molecule is COCC(COC)(COC(C)(C)C(C)C)C(C)C. The van der Waals surface area contributed by atoms with E-state index < -0.39 is 0 Å². The van der Waals surface area contributed by atoms with Gasteiger partial charge in [0, 0.05) is 19.6 Å². The van der Waals surface area contributed by atoms with Crippen molar-refractivity contribution in [2.75, 3.05) is 34.0 Å². The highest BCUT2D eigenvalue weighted by Crippen LogP contribution is 2.32. The van der Waals surface area contributed by atoms with Crippen LogP contribution >= 0.6 is 0 Å². The van der Waals surface area contributed by atoms with Gasteiger partial charge in [-0.1, -0.05) is 27.7 Å². The van der Waals surface area contributed by atoms with Crippen LogP contribution < -0.4 is 0 Å². The summed E-state index contributed by atoms with van der Waals surface area (Å²) in [5.74, 6) is 0.924. The van der Waals surface area contributed by atoms with E-state index in [-0.39, 0.29) is 11.0 Å². The maximum absolute atomic E-state index is 6.16. The van der Waals surface area contributed by atoms with Crippen LogP contribution in [-0.2, 0) is 14.2 Å². The summed E-state index contributed by atoms with van der Waals surface area (Å²) in [6.07, 6.45) is 0. The van der Waals surface area contributed by atoms with Crippen LogP contribution in [0.5, 0.6) is 0 Å². The third kappa shape index (κ3) is 4.87. The molecule has 0 heterocycles. The van der Waals surface area contributed by atoms with E-state index in [0.29, 0.717) is 31.7 Å². The Morgan fingerprint density at radius 2 is 1.22 bits per heavy atom. The van der Waals surface area contributed by atoms with E-state index in [4.69, 9.17) is 14.2 Å². The highest BCUT2D eigenvalue weighted by Gasteiger charge is 2.37. The van der Waals surface area contributed by atoms with E-state index in [9.17, 15) is 0 Å². The zero-order valence-corrected chi connectivity index (χ0v) is 13.5. The molecule has 0 bridgehead atoms. The summed E-state index contributed by atoms with van der Waals surface area (Å²) in [5.41, 5.74) is -0.197. The topological polar surface area (TPSA) is 27.7 Å². The molecular formula is C15H32O3. The van der Waals surface area contributed by atoms with E-state index in [1.54, 1.807) is 14.2 Å². The molecular weight excluding hydrogens is 228 g/mol. The van der Waals surface area contributed by atoms with Crippen molar-refractivity contribution >= 4 is 0 Å². The zero-order valence-electron chi connectivity index (χ0n) is 13.5. The predicted molar refractivity (Wildman–Crippen MR) is 75.9 cm³/mol. The summed E-state index contributed by atoms with van der Waals surface area (Å²) in [4.78, 5) is 0. The third-order valence-corrected chi connectivity index (χ3v) is 4.21. The van der Waals surface area contributed by atoms with Crippen molar-refractivity contribution in [3.8, 4) is 0 Å². The van der Waals surface area contributed by atoms with Gasteiger partial charge in [-0.25, -0.2) is 0 Å². The maximum atomic E-state index is 6.16. The van der Waals surface area contributed by atoms with E-state index in [2.05, 4.69) is 41.5 Å². The Kier molecular flexibility index (Phi) is 7.41. The number of methoxy groups -OCH3 is 2. The Morgan fingerprint density at radius 1 is 0.778 bits per heavy atom. The van der Waals surface area contributed by atoms with Gasteiger partial charge < -0.3 is 14.2 Å². The molecule has 0 aliphatic carbocycles. The molecule has 0 atom stereocenters. The molecule has 0 N–H and O–H groups in total. The number of hydrogen-bond donors (Lipinski definition) is 0.